The monoisotopic (exact) mass is 341 g/mol. The first-order chi connectivity index (χ1) is 12.0. The number of nitrogens with two attached hydrogens (primary N) is 2. The third-order valence-corrected chi connectivity index (χ3v) is 4.13. The highest BCUT2D eigenvalue weighted by Crippen LogP contribution is 2.46. The second-order valence-corrected chi connectivity index (χ2v) is 5.72. The molecule has 126 valence electrons. The van der Waals surface area contributed by atoms with E-state index in [0.717, 1.165) is 16.8 Å². The summed E-state index contributed by atoms with van der Waals surface area (Å²) in [6, 6.07) is 8.70. The minimum absolute atomic E-state index is 0.0131. The fourth-order valence-corrected chi connectivity index (χ4v) is 3.07. The first kappa shape index (κ1) is 15.1. The first-order valence-electron chi connectivity index (χ1n) is 7.39. The molecule has 4 rings (SSSR count). The van der Waals surface area contributed by atoms with Crippen molar-refractivity contribution in [3.8, 4) is 11.6 Å². The van der Waals surface area contributed by atoms with Crippen molar-refractivity contribution in [2.45, 2.75) is 5.92 Å². The molecule has 0 saturated heterocycles. The van der Waals surface area contributed by atoms with Crippen molar-refractivity contribution in [2.75, 3.05) is 11.6 Å². The second-order valence-electron chi connectivity index (χ2n) is 5.72. The number of aromatic nitrogens is 2. The van der Waals surface area contributed by atoms with Gasteiger partial charge in [-0.05, 0) is 17.7 Å². The molecule has 5 N–H and O–H groups in total. The van der Waals surface area contributed by atoms with E-state index >= 15 is 0 Å². The predicted octanol–water partition coefficient (Wildman–Crippen LogP) is 2.22. The number of hydrogen-bond acceptors (Lipinski definition) is 5. The summed E-state index contributed by atoms with van der Waals surface area (Å²) in [5, 5.41) is 8.25. The van der Waals surface area contributed by atoms with Crippen LogP contribution in [0.25, 0.3) is 0 Å². The fraction of sp³-hybridized carbons (Fsp3) is 0.0588. The van der Waals surface area contributed by atoms with Crippen molar-refractivity contribution >= 4 is 5.69 Å². The maximum absolute atomic E-state index is 14.6. The standard InChI is InChI=1S/C17H13F2N5O/c18-9-5-11(19)14-12(6-9)25-17-15(16(21)24(22)7-23-17)13(14)8-2-1-3-10(20)4-8/h1-7,13,21H,20,22H2. The second kappa shape index (κ2) is 5.30. The summed E-state index contributed by atoms with van der Waals surface area (Å²) in [5.74, 6) is 3.53. The minimum atomic E-state index is -0.778. The molecule has 1 aliphatic rings. The van der Waals surface area contributed by atoms with Gasteiger partial charge in [0.05, 0.1) is 5.56 Å². The Morgan fingerprint density at radius 2 is 1.96 bits per heavy atom. The van der Waals surface area contributed by atoms with E-state index in [-0.39, 0.29) is 28.2 Å². The zero-order valence-corrected chi connectivity index (χ0v) is 12.8. The van der Waals surface area contributed by atoms with Crippen LogP contribution in [0.4, 0.5) is 14.5 Å². The molecule has 0 radical (unpaired) electrons. The van der Waals surface area contributed by atoms with E-state index < -0.39 is 17.6 Å². The summed E-state index contributed by atoms with van der Waals surface area (Å²) in [6.45, 7) is 0. The van der Waals surface area contributed by atoms with E-state index in [1.54, 1.807) is 24.3 Å². The van der Waals surface area contributed by atoms with E-state index in [0.29, 0.717) is 11.3 Å². The summed E-state index contributed by atoms with van der Waals surface area (Å²) in [5.41, 5.74) is 7.27. The minimum Gasteiger partial charge on any atom is -0.438 e. The number of rotatable bonds is 1. The SMILES string of the molecule is N=c1c2c(ncn1N)Oc1cc(F)cc(F)c1C2c1cccc(N)c1. The third kappa shape index (κ3) is 2.30. The van der Waals surface area contributed by atoms with Crippen LogP contribution in [0.15, 0.2) is 42.7 Å². The number of halogens is 2. The van der Waals surface area contributed by atoms with Crippen molar-refractivity contribution in [3.63, 3.8) is 0 Å². The summed E-state index contributed by atoms with van der Waals surface area (Å²) in [4.78, 5) is 4.06. The van der Waals surface area contributed by atoms with Gasteiger partial charge >= 0.3 is 0 Å². The lowest BCUT2D eigenvalue weighted by Gasteiger charge is -2.28. The van der Waals surface area contributed by atoms with E-state index in [1.165, 1.54) is 6.33 Å². The normalized spacial score (nSPS) is 15.2. The smallest absolute Gasteiger partial charge is 0.228 e. The predicted molar refractivity (Wildman–Crippen MR) is 86.5 cm³/mol. The van der Waals surface area contributed by atoms with Gasteiger partial charge in [-0.3, -0.25) is 5.41 Å². The lowest BCUT2D eigenvalue weighted by atomic mass is 9.83. The van der Waals surface area contributed by atoms with Crippen LogP contribution in [0.1, 0.15) is 22.6 Å². The number of hydrogen-bond donors (Lipinski definition) is 3. The Hall–Kier alpha value is -3.42. The highest BCUT2D eigenvalue weighted by molar-refractivity contribution is 5.58. The Kier molecular flexibility index (Phi) is 3.21. The van der Waals surface area contributed by atoms with Crippen molar-refractivity contribution in [3.05, 3.63) is 76.5 Å². The molecular formula is C17H13F2N5O. The Labute approximate surface area is 140 Å². The van der Waals surface area contributed by atoms with Crippen LogP contribution in [0, 0.1) is 17.0 Å². The third-order valence-electron chi connectivity index (χ3n) is 4.13. The molecule has 2 heterocycles. The average molecular weight is 341 g/mol. The van der Waals surface area contributed by atoms with Crippen LogP contribution < -0.4 is 21.8 Å². The van der Waals surface area contributed by atoms with Crippen LogP contribution in [0.5, 0.6) is 11.6 Å². The van der Waals surface area contributed by atoms with Gasteiger partial charge in [0.25, 0.3) is 0 Å². The molecule has 1 aromatic heterocycles. The van der Waals surface area contributed by atoms with Crippen molar-refractivity contribution < 1.29 is 13.5 Å². The number of nitrogens with one attached hydrogen (secondary N) is 1. The molecule has 6 nitrogen and oxygen atoms in total. The van der Waals surface area contributed by atoms with Crippen LogP contribution in [0.2, 0.25) is 0 Å². The lowest BCUT2D eigenvalue weighted by molar-refractivity contribution is 0.411. The zero-order chi connectivity index (χ0) is 17.7. The van der Waals surface area contributed by atoms with Gasteiger partial charge in [0.15, 0.2) is 5.49 Å². The summed E-state index contributed by atoms with van der Waals surface area (Å²) in [6.07, 6.45) is 1.21. The molecule has 2 aromatic carbocycles. The molecule has 0 amide bonds. The first-order valence-corrected chi connectivity index (χ1v) is 7.39. The molecule has 0 bridgehead atoms. The molecule has 0 saturated carbocycles. The van der Waals surface area contributed by atoms with Crippen LogP contribution in [-0.4, -0.2) is 9.66 Å². The van der Waals surface area contributed by atoms with Gasteiger partial charge in [-0.1, -0.05) is 12.1 Å². The molecule has 3 aromatic rings. The largest absolute Gasteiger partial charge is 0.438 e. The molecule has 0 fully saturated rings. The Morgan fingerprint density at radius 1 is 1.16 bits per heavy atom. The van der Waals surface area contributed by atoms with E-state index in [2.05, 4.69) is 4.98 Å². The van der Waals surface area contributed by atoms with Gasteiger partial charge in [0.1, 0.15) is 23.7 Å². The number of fused-ring (bicyclic) bond motifs is 2. The van der Waals surface area contributed by atoms with Crippen LogP contribution >= 0.6 is 0 Å². The number of benzene rings is 2. The van der Waals surface area contributed by atoms with Crippen molar-refractivity contribution in [2.24, 2.45) is 0 Å². The van der Waals surface area contributed by atoms with E-state index in [1.807, 2.05) is 0 Å². The molecule has 8 heteroatoms. The molecule has 1 atom stereocenters. The highest BCUT2D eigenvalue weighted by atomic mass is 19.1. The molecule has 1 aliphatic heterocycles. The quantitative estimate of drug-likeness (QED) is 0.365. The summed E-state index contributed by atoms with van der Waals surface area (Å²) < 4.78 is 34.8. The molecule has 0 spiro atoms. The maximum Gasteiger partial charge on any atom is 0.228 e. The van der Waals surface area contributed by atoms with E-state index in [4.69, 9.17) is 21.7 Å². The highest BCUT2D eigenvalue weighted by Gasteiger charge is 2.35. The number of ether oxygens (including phenoxy) is 1. The number of anilines is 1. The van der Waals surface area contributed by atoms with Crippen molar-refractivity contribution in [1.82, 2.24) is 9.66 Å². The topological polar surface area (TPSA) is 103 Å². The van der Waals surface area contributed by atoms with Gasteiger partial charge in [0.2, 0.25) is 5.88 Å². The van der Waals surface area contributed by atoms with Gasteiger partial charge < -0.3 is 16.3 Å². The van der Waals surface area contributed by atoms with Gasteiger partial charge in [-0.15, -0.1) is 0 Å². The van der Waals surface area contributed by atoms with E-state index in [9.17, 15) is 8.78 Å². The number of nitrogens with zero attached hydrogens (tertiary/aromatic N) is 2. The van der Waals surface area contributed by atoms with Crippen LogP contribution in [-0.2, 0) is 0 Å². The summed E-state index contributed by atoms with van der Waals surface area (Å²) >= 11 is 0. The Morgan fingerprint density at radius 3 is 2.72 bits per heavy atom. The molecule has 1 unspecified atom stereocenters. The number of nitrogen functional groups attached to an aromatic ring is 2. The Bertz CT molecular complexity index is 1060. The maximum atomic E-state index is 14.6. The van der Waals surface area contributed by atoms with Gasteiger partial charge in [0, 0.05) is 29.3 Å². The molecule has 25 heavy (non-hydrogen) atoms. The average Bonchev–Trinajstić information content (AvgIpc) is 2.56. The lowest BCUT2D eigenvalue weighted by Crippen LogP contribution is -2.34. The van der Waals surface area contributed by atoms with Crippen LogP contribution in [0.3, 0.4) is 0 Å². The van der Waals surface area contributed by atoms with Gasteiger partial charge in [-0.25, -0.2) is 18.4 Å². The van der Waals surface area contributed by atoms with Gasteiger partial charge in [-0.2, -0.15) is 0 Å². The molecular weight excluding hydrogens is 328 g/mol. The zero-order valence-electron chi connectivity index (χ0n) is 12.8. The fourth-order valence-electron chi connectivity index (χ4n) is 3.07. The molecule has 0 aliphatic carbocycles. The summed E-state index contributed by atoms with van der Waals surface area (Å²) in [7, 11) is 0. The Balaban J connectivity index is 2.08. The van der Waals surface area contributed by atoms with Crippen molar-refractivity contribution in [1.29, 1.82) is 5.41 Å².